The van der Waals surface area contributed by atoms with Crippen molar-refractivity contribution in [3.05, 3.63) is 129 Å². The molecule has 4 aromatic carbocycles. The zero-order chi connectivity index (χ0) is 32.6. The van der Waals surface area contributed by atoms with E-state index in [-0.39, 0.29) is 35.5 Å². The third-order valence-electron chi connectivity index (χ3n) is 7.35. The first-order chi connectivity index (χ1) is 21.5. The Balaban J connectivity index is 1.81. The molecule has 0 aliphatic rings. The number of amides is 2. The van der Waals surface area contributed by atoms with Crippen molar-refractivity contribution in [2.45, 2.75) is 50.2 Å². The number of para-hydroxylation sites is 1. The summed E-state index contributed by atoms with van der Waals surface area (Å²) < 4.78 is 29.1. The summed E-state index contributed by atoms with van der Waals surface area (Å²) in [5.41, 5.74) is 1.67. The van der Waals surface area contributed by atoms with Crippen LogP contribution >= 0.6 is 34.8 Å². The van der Waals surface area contributed by atoms with Gasteiger partial charge >= 0.3 is 0 Å². The summed E-state index contributed by atoms with van der Waals surface area (Å²) in [6.07, 6.45) is 0.872. The van der Waals surface area contributed by atoms with Crippen LogP contribution in [0.15, 0.2) is 108 Å². The lowest BCUT2D eigenvalue weighted by molar-refractivity contribution is -0.140. The Morgan fingerprint density at radius 3 is 2.02 bits per heavy atom. The number of nitrogens with one attached hydrogen (secondary N) is 1. The van der Waals surface area contributed by atoms with E-state index in [1.807, 2.05) is 44.2 Å². The number of benzene rings is 4. The van der Waals surface area contributed by atoms with Gasteiger partial charge in [-0.25, -0.2) is 8.42 Å². The summed E-state index contributed by atoms with van der Waals surface area (Å²) in [6.45, 7) is 3.19. The van der Waals surface area contributed by atoms with E-state index in [0.29, 0.717) is 27.1 Å². The molecule has 2 atom stereocenters. The Morgan fingerprint density at radius 2 is 1.42 bits per heavy atom. The quantitative estimate of drug-likeness (QED) is 0.159. The van der Waals surface area contributed by atoms with Crippen LogP contribution in [-0.4, -0.2) is 43.8 Å². The summed E-state index contributed by atoms with van der Waals surface area (Å²) in [7, 11) is -4.23. The number of anilines is 1. The van der Waals surface area contributed by atoms with Crippen LogP contribution in [0, 0.1) is 0 Å². The van der Waals surface area contributed by atoms with Crippen LogP contribution in [0.25, 0.3) is 0 Å². The van der Waals surface area contributed by atoms with Gasteiger partial charge in [0.1, 0.15) is 12.6 Å². The minimum absolute atomic E-state index is 0.0359. The molecule has 0 radical (unpaired) electrons. The number of halogens is 3. The lowest BCUT2D eigenvalue weighted by Crippen LogP contribution is -2.54. The maximum absolute atomic E-state index is 14.5. The maximum Gasteiger partial charge on any atom is 0.264 e. The molecule has 0 aliphatic carbocycles. The van der Waals surface area contributed by atoms with E-state index >= 15 is 0 Å². The van der Waals surface area contributed by atoms with Crippen molar-refractivity contribution >= 4 is 62.3 Å². The molecule has 11 heteroatoms. The van der Waals surface area contributed by atoms with Gasteiger partial charge in [0.05, 0.1) is 10.6 Å². The first-order valence-corrected chi connectivity index (χ1v) is 17.0. The van der Waals surface area contributed by atoms with Gasteiger partial charge in [0.25, 0.3) is 10.0 Å². The Bertz CT molecular complexity index is 1710. The van der Waals surface area contributed by atoms with Crippen molar-refractivity contribution in [3.63, 3.8) is 0 Å². The predicted octanol–water partition coefficient (Wildman–Crippen LogP) is 7.40. The van der Waals surface area contributed by atoms with Gasteiger partial charge in [-0.2, -0.15) is 0 Å². The van der Waals surface area contributed by atoms with Crippen LogP contribution in [0.5, 0.6) is 0 Å². The van der Waals surface area contributed by atoms with Gasteiger partial charge < -0.3 is 10.2 Å². The second kappa shape index (κ2) is 15.6. The monoisotopic (exact) mass is 685 g/mol. The molecule has 0 bridgehead atoms. The lowest BCUT2D eigenvalue weighted by atomic mass is 10.0. The molecule has 2 amide bonds. The van der Waals surface area contributed by atoms with Gasteiger partial charge in [0.15, 0.2) is 0 Å². The topological polar surface area (TPSA) is 86.8 Å². The number of hydrogen-bond acceptors (Lipinski definition) is 4. The van der Waals surface area contributed by atoms with E-state index in [9.17, 15) is 18.0 Å². The minimum Gasteiger partial charge on any atom is -0.352 e. The third-order valence-corrected chi connectivity index (χ3v) is 9.98. The fraction of sp³-hybridized carbons (Fsp3) is 0.235. The van der Waals surface area contributed by atoms with Crippen LogP contribution in [0.4, 0.5) is 5.69 Å². The molecule has 0 aromatic heterocycles. The van der Waals surface area contributed by atoms with Crippen molar-refractivity contribution in [3.8, 4) is 0 Å². The summed E-state index contributed by atoms with van der Waals surface area (Å²) in [5.74, 6) is -0.957. The van der Waals surface area contributed by atoms with Gasteiger partial charge in [-0.05, 0) is 73.0 Å². The minimum atomic E-state index is -4.23. The molecular formula is C34H34Cl3N3O4S. The fourth-order valence-electron chi connectivity index (χ4n) is 4.69. The molecule has 0 spiro atoms. The fourth-order valence-corrected chi connectivity index (χ4v) is 6.69. The summed E-state index contributed by atoms with van der Waals surface area (Å²) in [6, 6.07) is 27.2. The van der Waals surface area contributed by atoms with Crippen molar-refractivity contribution in [1.29, 1.82) is 0 Å². The highest BCUT2D eigenvalue weighted by atomic mass is 35.5. The van der Waals surface area contributed by atoms with Gasteiger partial charge in [-0.15, -0.1) is 0 Å². The standard InChI is InChI=1S/C34H34Cl3N3O4S/c1-3-24(2)38-34(42)32(20-25-10-6-4-7-11-25)39(22-26-14-15-28(36)21-31(26)37)33(41)23-40(29-12-8-5-9-13-29)45(43,44)30-18-16-27(35)17-19-30/h4-19,21,24,32H,3,20,22-23H2,1-2H3,(H,38,42)/t24-,32+/m1/s1. The van der Waals surface area contributed by atoms with E-state index in [0.717, 1.165) is 9.87 Å². The van der Waals surface area contributed by atoms with Crippen LogP contribution in [0.2, 0.25) is 15.1 Å². The van der Waals surface area contributed by atoms with Crippen LogP contribution in [-0.2, 0) is 32.6 Å². The van der Waals surface area contributed by atoms with Gasteiger partial charge in [0, 0.05) is 34.1 Å². The molecule has 0 saturated heterocycles. The normalized spacial score (nSPS) is 12.6. The number of nitrogens with zero attached hydrogens (tertiary/aromatic N) is 2. The van der Waals surface area contributed by atoms with E-state index in [1.165, 1.54) is 29.2 Å². The van der Waals surface area contributed by atoms with Crippen molar-refractivity contribution in [2.75, 3.05) is 10.8 Å². The van der Waals surface area contributed by atoms with Gasteiger partial charge in [0.2, 0.25) is 11.8 Å². The largest absolute Gasteiger partial charge is 0.352 e. The highest BCUT2D eigenvalue weighted by Crippen LogP contribution is 2.27. The molecule has 4 aromatic rings. The summed E-state index contributed by atoms with van der Waals surface area (Å²) >= 11 is 18.7. The molecule has 7 nitrogen and oxygen atoms in total. The summed E-state index contributed by atoms with van der Waals surface area (Å²) in [4.78, 5) is 29.7. The maximum atomic E-state index is 14.5. The number of carbonyl (C=O) groups is 2. The number of carbonyl (C=O) groups excluding carboxylic acids is 2. The molecule has 0 aliphatic heterocycles. The first kappa shape index (κ1) is 34.3. The Labute approximate surface area is 279 Å². The molecule has 236 valence electrons. The Morgan fingerprint density at radius 1 is 0.822 bits per heavy atom. The second-order valence-corrected chi connectivity index (χ2v) is 13.7. The first-order valence-electron chi connectivity index (χ1n) is 14.4. The van der Waals surface area contributed by atoms with E-state index in [1.54, 1.807) is 48.5 Å². The van der Waals surface area contributed by atoms with Crippen LogP contribution < -0.4 is 9.62 Å². The predicted molar refractivity (Wildman–Crippen MR) is 181 cm³/mol. The van der Waals surface area contributed by atoms with Gasteiger partial charge in [-0.1, -0.05) is 96.3 Å². The average molecular weight is 687 g/mol. The number of hydrogen-bond donors (Lipinski definition) is 1. The Kier molecular flexibility index (Phi) is 11.9. The van der Waals surface area contributed by atoms with E-state index in [4.69, 9.17) is 34.8 Å². The van der Waals surface area contributed by atoms with Gasteiger partial charge in [-0.3, -0.25) is 13.9 Å². The molecule has 4 rings (SSSR count). The zero-order valence-corrected chi connectivity index (χ0v) is 28.0. The van der Waals surface area contributed by atoms with Crippen molar-refractivity contribution in [1.82, 2.24) is 10.2 Å². The smallest absolute Gasteiger partial charge is 0.264 e. The average Bonchev–Trinajstić information content (AvgIpc) is 3.03. The molecular weight excluding hydrogens is 653 g/mol. The zero-order valence-electron chi connectivity index (χ0n) is 24.9. The molecule has 0 heterocycles. The number of rotatable bonds is 13. The molecule has 1 N–H and O–H groups in total. The molecule has 45 heavy (non-hydrogen) atoms. The summed E-state index contributed by atoms with van der Waals surface area (Å²) in [5, 5.41) is 4.12. The van der Waals surface area contributed by atoms with E-state index < -0.39 is 28.5 Å². The second-order valence-electron chi connectivity index (χ2n) is 10.6. The molecule has 0 fully saturated rings. The highest BCUT2D eigenvalue weighted by molar-refractivity contribution is 7.92. The lowest BCUT2D eigenvalue weighted by Gasteiger charge is -2.34. The highest BCUT2D eigenvalue weighted by Gasteiger charge is 2.35. The number of sulfonamides is 1. The molecule has 0 unspecified atom stereocenters. The molecule has 0 saturated carbocycles. The van der Waals surface area contributed by atoms with Crippen LogP contribution in [0.1, 0.15) is 31.4 Å². The third kappa shape index (κ3) is 9.01. The van der Waals surface area contributed by atoms with Crippen LogP contribution in [0.3, 0.4) is 0 Å². The van der Waals surface area contributed by atoms with E-state index in [2.05, 4.69) is 5.32 Å². The SMILES string of the molecule is CC[C@@H](C)NC(=O)[C@H](Cc1ccccc1)N(Cc1ccc(Cl)cc1Cl)C(=O)CN(c1ccccc1)S(=O)(=O)c1ccc(Cl)cc1. The Hall–Kier alpha value is -3.56. The van der Waals surface area contributed by atoms with Crippen molar-refractivity contribution < 1.29 is 18.0 Å². The van der Waals surface area contributed by atoms with Crippen molar-refractivity contribution in [2.24, 2.45) is 0 Å².